The highest BCUT2D eigenvalue weighted by atomic mass is 32.2. The normalized spacial score (nSPS) is 32.2. The molecule has 2 fully saturated rings. The van der Waals surface area contributed by atoms with Gasteiger partial charge in [0.05, 0.1) is 17.7 Å². The lowest BCUT2D eigenvalue weighted by Gasteiger charge is -2.45. The molecule has 0 bridgehead atoms. The number of thioether (sulfide) groups is 1. The van der Waals surface area contributed by atoms with Crippen molar-refractivity contribution in [1.29, 1.82) is 0 Å². The van der Waals surface area contributed by atoms with Gasteiger partial charge >= 0.3 is 5.97 Å². The molecule has 1 amide bonds. The summed E-state index contributed by atoms with van der Waals surface area (Å²) in [4.78, 5) is 24.0. The average Bonchev–Trinajstić information content (AvgIpc) is 3.09. The lowest BCUT2D eigenvalue weighted by molar-refractivity contribution is -0.293. The Labute approximate surface area is 151 Å². The fourth-order valence-corrected chi connectivity index (χ4v) is 4.21. The minimum absolute atomic E-state index is 0.0820. The number of methoxy groups -OCH3 is 1. The number of carbonyl (C=O) groups excluding carboxylic acids is 2. The predicted octanol–water partition coefficient (Wildman–Crippen LogP) is 2.97. The molecule has 3 unspecified atom stereocenters. The third-order valence-corrected chi connectivity index (χ3v) is 5.57. The first-order valence-corrected chi connectivity index (χ1v) is 9.47. The molecule has 7 heteroatoms. The minimum Gasteiger partial charge on any atom is -0.458 e. The fraction of sp³-hybridized carbons (Fsp3) is 0.556. The molecule has 3 rings (SSSR count). The summed E-state index contributed by atoms with van der Waals surface area (Å²) in [6, 6.07) is 8.67. The molecular formula is C18H23NO5S. The fourth-order valence-electron chi connectivity index (χ4n) is 3.33. The Balaban J connectivity index is 1.75. The summed E-state index contributed by atoms with van der Waals surface area (Å²) in [5.74, 6) is -0.750. The van der Waals surface area contributed by atoms with Crippen molar-refractivity contribution < 1.29 is 23.8 Å². The van der Waals surface area contributed by atoms with E-state index in [2.05, 4.69) is 5.32 Å². The van der Waals surface area contributed by atoms with Gasteiger partial charge in [-0.2, -0.15) is 0 Å². The molecule has 0 radical (unpaired) electrons. The van der Waals surface area contributed by atoms with Crippen molar-refractivity contribution >= 4 is 23.0 Å². The van der Waals surface area contributed by atoms with Crippen molar-refractivity contribution in [3.05, 3.63) is 35.9 Å². The van der Waals surface area contributed by atoms with Crippen molar-refractivity contribution in [2.45, 2.75) is 50.2 Å². The Morgan fingerprint density at radius 2 is 2.16 bits per heavy atom. The molecule has 4 atom stereocenters. The van der Waals surface area contributed by atoms with Gasteiger partial charge in [-0.15, -0.1) is 0 Å². The highest BCUT2D eigenvalue weighted by Gasteiger charge is 2.51. The second kappa shape index (κ2) is 7.76. The SMILES string of the molecule is CC[C@@H]1CC(OC(=O)c2ccccc2)CC(OC)(C2CSC(=O)N2)O1. The first-order chi connectivity index (χ1) is 12.1. The molecule has 2 aliphatic rings. The number of esters is 1. The van der Waals surface area contributed by atoms with Crippen LogP contribution < -0.4 is 5.32 Å². The van der Waals surface area contributed by atoms with Gasteiger partial charge in [0.25, 0.3) is 5.24 Å². The zero-order chi connectivity index (χ0) is 17.9. The minimum atomic E-state index is -0.972. The zero-order valence-electron chi connectivity index (χ0n) is 14.4. The molecule has 0 spiro atoms. The van der Waals surface area contributed by atoms with E-state index in [0.717, 1.165) is 6.42 Å². The summed E-state index contributed by atoms with van der Waals surface area (Å²) in [5.41, 5.74) is 0.523. The summed E-state index contributed by atoms with van der Waals surface area (Å²) in [5, 5.41) is 2.82. The van der Waals surface area contributed by atoms with Crippen LogP contribution in [0.2, 0.25) is 0 Å². The third kappa shape index (κ3) is 3.99. The summed E-state index contributed by atoms with van der Waals surface area (Å²) in [6.07, 6.45) is 1.37. The monoisotopic (exact) mass is 365 g/mol. The van der Waals surface area contributed by atoms with E-state index < -0.39 is 5.79 Å². The summed E-state index contributed by atoms with van der Waals surface area (Å²) in [7, 11) is 1.57. The van der Waals surface area contributed by atoms with Gasteiger partial charge in [-0.25, -0.2) is 4.79 Å². The topological polar surface area (TPSA) is 73.9 Å². The van der Waals surface area contributed by atoms with Crippen LogP contribution in [0.15, 0.2) is 30.3 Å². The third-order valence-electron chi connectivity index (χ3n) is 4.69. The van der Waals surface area contributed by atoms with Crippen LogP contribution in [0, 0.1) is 0 Å². The number of ether oxygens (including phenoxy) is 3. The van der Waals surface area contributed by atoms with Gasteiger partial charge in [0.2, 0.25) is 0 Å². The van der Waals surface area contributed by atoms with Crippen molar-refractivity contribution in [2.24, 2.45) is 0 Å². The Hall–Kier alpha value is -1.57. The average molecular weight is 365 g/mol. The molecule has 1 aromatic carbocycles. The largest absolute Gasteiger partial charge is 0.458 e. The van der Waals surface area contributed by atoms with E-state index in [4.69, 9.17) is 14.2 Å². The molecule has 1 aromatic rings. The van der Waals surface area contributed by atoms with Crippen LogP contribution in [0.5, 0.6) is 0 Å². The molecule has 2 saturated heterocycles. The molecule has 0 aromatic heterocycles. The molecule has 1 N–H and O–H groups in total. The second-order valence-electron chi connectivity index (χ2n) is 6.29. The van der Waals surface area contributed by atoms with E-state index in [-0.39, 0.29) is 29.5 Å². The number of nitrogens with one attached hydrogen (secondary N) is 1. The highest BCUT2D eigenvalue weighted by Crippen LogP contribution is 2.38. The van der Waals surface area contributed by atoms with Crippen LogP contribution >= 0.6 is 11.8 Å². The van der Waals surface area contributed by atoms with E-state index in [0.29, 0.717) is 24.2 Å². The summed E-state index contributed by atoms with van der Waals surface area (Å²) < 4.78 is 17.6. The van der Waals surface area contributed by atoms with Gasteiger partial charge in [-0.1, -0.05) is 36.9 Å². The number of rotatable bonds is 5. The van der Waals surface area contributed by atoms with E-state index in [1.165, 1.54) is 11.8 Å². The predicted molar refractivity (Wildman–Crippen MR) is 94.6 cm³/mol. The van der Waals surface area contributed by atoms with Crippen LogP contribution in [0.25, 0.3) is 0 Å². The lowest BCUT2D eigenvalue weighted by atomic mass is 9.92. The van der Waals surface area contributed by atoms with E-state index in [1.54, 1.807) is 31.4 Å². The van der Waals surface area contributed by atoms with Crippen molar-refractivity contribution in [1.82, 2.24) is 5.32 Å². The molecule has 2 heterocycles. The number of amides is 1. The van der Waals surface area contributed by atoms with Gasteiger partial charge in [-0.05, 0) is 18.6 Å². The van der Waals surface area contributed by atoms with E-state index >= 15 is 0 Å². The molecule has 2 aliphatic heterocycles. The molecule has 25 heavy (non-hydrogen) atoms. The quantitative estimate of drug-likeness (QED) is 0.809. The van der Waals surface area contributed by atoms with E-state index in [1.807, 2.05) is 13.0 Å². The van der Waals surface area contributed by atoms with Crippen molar-refractivity contribution in [2.75, 3.05) is 12.9 Å². The molecular weight excluding hydrogens is 342 g/mol. The summed E-state index contributed by atoms with van der Waals surface area (Å²) in [6.45, 7) is 2.02. The maximum Gasteiger partial charge on any atom is 0.338 e. The lowest BCUT2D eigenvalue weighted by Crippen LogP contribution is -2.59. The first kappa shape index (κ1) is 18.2. The maximum absolute atomic E-state index is 12.4. The van der Waals surface area contributed by atoms with Crippen LogP contribution in [0.3, 0.4) is 0 Å². The second-order valence-corrected chi connectivity index (χ2v) is 7.29. The van der Waals surface area contributed by atoms with Gasteiger partial charge in [0, 0.05) is 25.7 Å². The molecule has 0 aliphatic carbocycles. The highest BCUT2D eigenvalue weighted by molar-refractivity contribution is 8.14. The number of benzene rings is 1. The molecule has 136 valence electrons. The van der Waals surface area contributed by atoms with Crippen molar-refractivity contribution in [3.63, 3.8) is 0 Å². The number of carbonyl (C=O) groups is 2. The Morgan fingerprint density at radius 3 is 2.76 bits per heavy atom. The molecule has 0 saturated carbocycles. The van der Waals surface area contributed by atoms with Crippen LogP contribution in [-0.4, -0.2) is 48.1 Å². The Kier molecular flexibility index (Phi) is 5.66. The van der Waals surface area contributed by atoms with Gasteiger partial charge in [-0.3, -0.25) is 4.79 Å². The maximum atomic E-state index is 12.4. The zero-order valence-corrected chi connectivity index (χ0v) is 15.2. The molecule has 6 nitrogen and oxygen atoms in total. The number of hydrogen-bond donors (Lipinski definition) is 1. The smallest absolute Gasteiger partial charge is 0.338 e. The number of hydrogen-bond acceptors (Lipinski definition) is 6. The van der Waals surface area contributed by atoms with Gasteiger partial charge < -0.3 is 19.5 Å². The Bertz CT molecular complexity index is 625. The first-order valence-electron chi connectivity index (χ1n) is 8.48. The van der Waals surface area contributed by atoms with Crippen LogP contribution in [0.1, 0.15) is 36.5 Å². The summed E-state index contributed by atoms with van der Waals surface area (Å²) >= 11 is 1.22. The standard InChI is InChI=1S/C18H23NO5S/c1-3-13-9-14(23-16(20)12-7-5-4-6-8-12)10-18(22-2,24-13)15-11-25-17(21)19-15/h4-8,13-15H,3,9-11H2,1-2H3,(H,19,21)/t13-,14?,15?,18?/m1/s1. The Morgan fingerprint density at radius 1 is 1.40 bits per heavy atom. The van der Waals surface area contributed by atoms with Crippen LogP contribution in [-0.2, 0) is 14.2 Å². The van der Waals surface area contributed by atoms with E-state index in [9.17, 15) is 9.59 Å². The van der Waals surface area contributed by atoms with Gasteiger partial charge in [0.15, 0.2) is 5.79 Å². The van der Waals surface area contributed by atoms with Crippen molar-refractivity contribution in [3.8, 4) is 0 Å². The van der Waals surface area contributed by atoms with Gasteiger partial charge in [0.1, 0.15) is 6.10 Å². The van der Waals surface area contributed by atoms with Crippen LogP contribution in [0.4, 0.5) is 4.79 Å².